The molecule has 1 aliphatic rings. The summed E-state index contributed by atoms with van der Waals surface area (Å²) in [5.41, 5.74) is 2.10. The highest BCUT2D eigenvalue weighted by Gasteiger charge is 2.34. The van der Waals surface area contributed by atoms with E-state index < -0.39 is 11.9 Å². The maximum absolute atomic E-state index is 13.6. The molecule has 35 heavy (non-hydrogen) atoms. The molecule has 1 amide bonds. The van der Waals surface area contributed by atoms with Crippen molar-refractivity contribution in [1.82, 2.24) is 30.0 Å². The van der Waals surface area contributed by atoms with Gasteiger partial charge in [-0.15, -0.1) is 11.3 Å². The highest BCUT2D eigenvalue weighted by Crippen LogP contribution is 2.39. The van der Waals surface area contributed by atoms with Gasteiger partial charge in [-0.25, -0.2) is 4.98 Å². The number of benzene rings is 1. The van der Waals surface area contributed by atoms with Crippen molar-refractivity contribution in [3.8, 4) is 21.1 Å². The summed E-state index contributed by atoms with van der Waals surface area (Å²) in [5.74, 6) is -0.244. The summed E-state index contributed by atoms with van der Waals surface area (Å²) in [4.78, 5) is 26.2. The smallest absolute Gasteiger partial charge is 0.336 e. The van der Waals surface area contributed by atoms with Crippen LogP contribution in [0.3, 0.4) is 0 Å². The highest BCUT2D eigenvalue weighted by atomic mass is 32.1. The van der Waals surface area contributed by atoms with Gasteiger partial charge < -0.3 is 9.80 Å². The van der Waals surface area contributed by atoms with Crippen LogP contribution >= 0.6 is 11.3 Å². The number of nitrogens with zero attached hydrogens (tertiary/aromatic N) is 5. The van der Waals surface area contributed by atoms with Gasteiger partial charge in [-0.3, -0.25) is 14.9 Å². The minimum Gasteiger partial charge on any atom is -0.336 e. The van der Waals surface area contributed by atoms with Crippen molar-refractivity contribution < 1.29 is 18.0 Å². The molecule has 5 rings (SSSR count). The Kier molecular flexibility index (Phi) is 5.84. The van der Waals surface area contributed by atoms with Crippen LogP contribution < -0.4 is 0 Å². The van der Waals surface area contributed by atoms with Crippen LogP contribution in [0.5, 0.6) is 0 Å². The molecule has 0 unspecified atom stereocenters. The molecule has 0 saturated carbocycles. The van der Waals surface area contributed by atoms with Crippen molar-refractivity contribution in [2.45, 2.75) is 25.6 Å². The van der Waals surface area contributed by atoms with Crippen LogP contribution in [0.4, 0.5) is 13.2 Å². The van der Waals surface area contributed by atoms with Crippen molar-refractivity contribution in [3.63, 3.8) is 0 Å². The highest BCUT2D eigenvalue weighted by molar-refractivity contribution is 7.18. The maximum Gasteiger partial charge on any atom is 0.433 e. The Morgan fingerprint density at radius 2 is 2.03 bits per heavy atom. The molecule has 0 spiro atoms. The fourth-order valence-corrected chi connectivity index (χ4v) is 5.36. The van der Waals surface area contributed by atoms with Crippen molar-refractivity contribution in [3.05, 3.63) is 53.5 Å². The van der Waals surface area contributed by atoms with E-state index in [1.54, 1.807) is 4.90 Å². The van der Waals surface area contributed by atoms with Gasteiger partial charge in [0.2, 0.25) is 0 Å². The molecule has 7 nitrogen and oxygen atoms in total. The fourth-order valence-electron chi connectivity index (χ4n) is 4.31. The third kappa shape index (κ3) is 4.30. The van der Waals surface area contributed by atoms with Crippen LogP contribution in [0.1, 0.15) is 28.2 Å². The summed E-state index contributed by atoms with van der Waals surface area (Å²) in [6.45, 7) is 3.11. The van der Waals surface area contributed by atoms with E-state index in [9.17, 15) is 18.0 Å². The molecule has 11 heteroatoms. The Morgan fingerprint density at radius 1 is 1.23 bits per heavy atom. The van der Waals surface area contributed by atoms with E-state index in [4.69, 9.17) is 0 Å². The van der Waals surface area contributed by atoms with E-state index in [-0.39, 0.29) is 17.6 Å². The molecule has 0 bridgehead atoms. The quantitative estimate of drug-likeness (QED) is 0.433. The Bertz CT molecular complexity index is 1390. The van der Waals surface area contributed by atoms with Crippen molar-refractivity contribution in [2.75, 3.05) is 27.2 Å². The van der Waals surface area contributed by atoms with Gasteiger partial charge in [-0.1, -0.05) is 18.2 Å². The number of aryl methyl sites for hydroxylation is 1. The largest absolute Gasteiger partial charge is 0.433 e. The number of alkyl halides is 3. The van der Waals surface area contributed by atoms with Gasteiger partial charge in [-0.05, 0) is 45.1 Å². The van der Waals surface area contributed by atoms with Gasteiger partial charge in [0.05, 0.1) is 10.4 Å². The SMILES string of the molecule is Cc1cccc2c(-c3nc(C(=O)N4CC[C@H](N(C)C)C4)c(-c4ccc(C(F)(F)F)nc4)s3)[nH]nc12. The average Bonchev–Trinajstić information content (AvgIpc) is 3.56. The molecule has 3 aromatic heterocycles. The van der Waals surface area contributed by atoms with Crippen molar-refractivity contribution >= 4 is 28.1 Å². The molecule has 4 heterocycles. The van der Waals surface area contributed by atoms with Crippen LogP contribution in [-0.2, 0) is 6.18 Å². The first-order valence-corrected chi connectivity index (χ1v) is 11.9. The van der Waals surface area contributed by atoms with E-state index >= 15 is 0 Å². The Hall–Kier alpha value is -3.31. The number of halogens is 3. The third-order valence-electron chi connectivity index (χ3n) is 6.33. The molecular formula is C24H23F3N6OS. The van der Waals surface area contributed by atoms with Crippen LogP contribution in [0, 0.1) is 6.92 Å². The number of likely N-dealkylation sites (tertiary alicyclic amines) is 1. The molecular weight excluding hydrogens is 477 g/mol. The molecule has 4 aromatic rings. The number of aromatic amines is 1. The van der Waals surface area contributed by atoms with Crippen molar-refractivity contribution in [2.24, 2.45) is 0 Å². The standard InChI is InChI=1S/C24H23F3N6OS/c1-13-5-4-6-16-18(13)30-31-19(16)22-29-20(23(34)33-10-9-15(12-33)32(2)3)21(35-22)14-7-8-17(28-11-14)24(25,26)27/h4-8,11,15H,9-10,12H2,1-3H3,(H,30,31)/t15-/m0/s1. The predicted molar refractivity (Wildman–Crippen MR) is 128 cm³/mol. The predicted octanol–water partition coefficient (Wildman–Crippen LogP) is 4.85. The summed E-state index contributed by atoms with van der Waals surface area (Å²) in [5, 5.41) is 8.83. The number of hydrogen-bond acceptors (Lipinski definition) is 6. The van der Waals surface area contributed by atoms with E-state index in [1.165, 1.54) is 17.4 Å². The number of carbonyl (C=O) groups is 1. The van der Waals surface area contributed by atoms with E-state index in [0.717, 1.165) is 35.2 Å². The number of carbonyl (C=O) groups excluding carboxylic acids is 1. The minimum absolute atomic E-state index is 0.210. The van der Waals surface area contributed by atoms with E-state index in [2.05, 4.69) is 25.1 Å². The molecule has 0 radical (unpaired) electrons. The first-order chi connectivity index (χ1) is 16.6. The van der Waals surface area contributed by atoms with Gasteiger partial charge in [0.25, 0.3) is 5.91 Å². The third-order valence-corrected chi connectivity index (χ3v) is 7.45. The number of thiazole rings is 1. The van der Waals surface area contributed by atoms with Gasteiger partial charge in [0.1, 0.15) is 22.1 Å². The first kappa shape index (κ1) is 23.4. The first-order valence-electron chi connectivity index (χ1n) is 11.1. The van der Waals surface area contributed by atoms with Gasteiger partial charge in [0.15, 0.2) is 0 Å². The average molecular weight is 501 g/mol. The molecule has 1 aromatic carbocycles. The molecule has 182 valence electrons. The Labute approximate surface area is 203 Å². The lowest BCUT2D eigenvalue weighted by Crippen LogP contribution is -2.34. The number of hydrogen-bond donors (Lipinski definition) is 1. The molecule has 1 aliphatic heterocycles. The number of fused-ring (bicyclic) bond motifs is 1. The van der Waals surface area contributed by atoms with Gasteiger partial charge in [0, 0.05) is 36.3 Å². The number of pyridine rings is 1. The van der Waals surface area contributed by atoms with Crippen molar-refractivity contribution in [1.29, 1.82) is 0 Å². The molecule has 1 saturated heterocycles. The topological polar surface area (TPSA) is 78.0 Å². The number of aromatic nitrogens is 4. The maximum atomic E-state index is 13.6. The second-order valence-corrected chi connectivity index (χ2v) is 9.85. The number of nitrogens with one attached hydrogen (secondary N) is 1. The zero-order valence-electron chi connectivity index (χ0n) is 19.3. The van der Waals surface area contributed by atoms with Crippen LogP contribution in [0.15, 0.2) is 36.5 Å². The summed E-state index contributed by atoms with van der Waals surface area (Å²) in [6.07, 6.45) is -2.55. The minimum atomic E-state index is -4.54. The van der Waals surface area contributed by atoms with Crippen LogP contribution in [-0.4, -0.2) is 69.1 Å². The summed E-state index contributed by atoms with van der Waals surface area (Å²) in [7, 11) is 3.95. The number of para-hydroxylation sites is 1. The number of H-pyrrole nitrogens is 1. The second-order valence-electron chi connectivity index (χ2n) is 8.85. The molecule has 1 N–H and O–H groups in total. The number of likely N-dealkylation sites (N-methyl/N-ethyl adjacent to an activating group) is 1. The fraction of sp³-hybridized carbons (Fsp3) is 0.333. The van der Waals surface area contributed by atoms with Crippen LogP contribution in [0.2, 0.25) is 0 Å². The number of amides is 1. The van der Waals surface area contributed by atoms with E-state index in [0.29, 0.717) is 34.2 Å². The summed E-state index contributed by atoms with van der Waals surface area (Å²) < 4.78 is 39.2. The Morgan fingerprint density at radius 3 is 2.69 bits per heavy atom. The monoisotopic (exact) mass is 500 g/mol. The molecule has 1 fully saturated rings. The lowest BCUT2D eigenvalue weighted by molar-refractivity contribution is -0.141. The van der Waals surface area contributed by atoms with E-state index in [1.807, 2.05) is 39.2 Å². The van der Waals surface area contributed by atoms with Crippen LogP contribution in [0.25, 0.3) is 32.0 Å². The second kappa shape index (κ2) is 8.72. The van der Waals surface area contributed by atoms with Gasteiger partial charge in [-0.2, -0.15) is 18.3 Å². The summed E-state index contributed by atoms with van der Waals surface area (Å²) >= 11 is 1.24. The normalized spacial score (nSPS) is 16.5. The molecule has 0 aliphatic carbocycles. The molecule has 1 atom stereocenters. The zero-order valence-corrected chi connectivity index (χ0v) is 20.2. The lowest BCUT2D eigenvalue weighted by Gasteiger charge is -2.20. The summed E-state index contributed by atoms with van der Waals surface area (Å²) in [6, 6.07) is 8.31. The zero-order chi connectivity index (χ0) is 24.9. The van der Waals surface area contributed by atoms with Gasteiger partial charge >= 0.3 is 6.18 Å². The number of rotatable bonds is 4. The Balaban J connectivity index is 1.60. The lowest BCUT2D eigenvalue weighted by atomic mass is 10.1.